The van der Waals surface area contributed by atoms with E-state index in [1.807, 2.05) is 36.4 Å². The number of ether oxygens (including phenoxy) is 2. The summed E-state index contributed by atoms with van der Waals surface area (Å²) in [6, 6.07) is 16.5. The first-order valence-corrected chi connectivity index (χ1v) is 8.47. The van der Waals surface area contributed by atoms with Crippen molar-refractivity contribution in [1.82, 2.24) is 5.32 Å². The summed E-state index contributed by atoms with van der Waals surface area (Å²) in [6.07, 6.45) is 0.718. The fourth-order valence-corrected chi connectivity index (χ4v) is 2.39. The summed E-state index contributed by atoms with van der Waals surface area (Å²) in [5.74, 6) is 0.709. The monoisotopic (exact) mass is 356 g/mol. The highest BCUT2D eigenvalue weighted by molar-refractivity contribution is 5.98. The van der Waals surface area contributed by atoms with E-state index in [-0.39, 0.29) is 18.4 Å². The minimum atomic E-state index is -0.235. The lowest BCUT2D eigenvalue weighted by Gasteiger charge is -2.23. The van der Waals surface area contributed by atoms with Gasteiger partial charge in [0.1, 0.15) is 12.3 Å². The number of nitrogens with zero attached hydrogens (tertiary/aromatic N) is 1. The number of para-hydroxylation sites is 3. The van der Waals surface area contributed by atoms with Crippen LogP contribution in [0.1, 0.15) is 13.3 Å². The zero-order chi connectivity index (χ0) is 18.8. The second kappa shape index (κ2) is 10.2. The molecule has 0 aromatic heterocycles. The molecule has 0 atom stereocenters. The average Bonchev–Trinajstić information content (AvgIpc) is 2.65. The van der Waals surface area contributed by atoms with Crippen LogP contribution in [0.4, 0.5) is 5.69 Å². The smallest absolute Gasteiger partial charge is 0.240 e. The van der Waals surface area contributed by atoms with Gasteiger partial charge < -0.3 is 14.8 Å². The summed E-state index contributed by atoms with van der Waals surface area (Å²) in [5, 5.41) is 2.79. The van der Waals surface area contributed by atoms with Crippen molar-refractivity contribution in [3.8, 4) is 11.5 Å². The normalized spacial score (nSPS) is 10.2. The van der Waals surface area contributed by atoms with E-state index in [9.17, 15) is 9.59 Å². The Labute approximate surface area is 153 Å². The van der Waals surface area contributed by atoms with Gasteiger partial charge in [-0.05, 0) is 30.7 Å². The third-order valence-corrected chi connectivity index (χ3v) is 3.66. The molecule has 0 saturated heterocycles. The Morgan fingerprint density at radius 1 is 1.04 bits per heavy atom. The van der Waals surface area contributed by atoms with E-state index in [0.717, 1.165) is 6.42 Å². The van der Waals surface area contributed by atoms with Gasteiger partial charge in [-0.3, -0.25) is 14.5 Å². The van der Waals surface area contributed by atoms with Crippen LogP contribution in [0.5, 0.6) is 11.5 Å². The Morgan fingerprint density at radius 2 is 1.73 bits per heavy atom. The van der Waals surface area contributed by atoms with Gasteiger partial charge >= 0.3 is 0 Å². The van der Waals surface area contributed by atoms with Crippen LogP contribution >= 0.6 is 0 Å². The Bertz CT molecular complexity index is 719. The number of amides is 2. The lowest BCUT2D eigenvalue weighted by Crippen LogP contribution is -2.40. The number of nitrogens with one attached hydrogen (secondary N) is 1. The number of methoxy groups -OCH3 is 1. The highest BCUT2D eigenvalue weighted by atomic mass is 16.5. The fourth-order valence-electron chi connectivity index (χ4n) is 2.39. The predicted octanol–water partition coefficient (Wildman–Crippen LogP) is 2.98. The quantitative estimate of drug-likeness (QED) is 0.702. The van der Waals surface area contributed by atoms with Gasteiger partial charge in [0, 0.05) is 27.2 Å². The van der Waals surface area contributed by atoms with Gasteiger partial charge in [-0.15, -0.1) is 0 Å². The van der Waals surface area contributed by atoms with Crippen LogP contribution in [0.3, 0.4) is 0 Å². The number of anilines is 1. The van der Waals surface area contributed by atoms with E-state index < -0.39 is 0 Å². The molecule has 2 rings (SSSR count). The van der Waals surface area contributed by atoms with Crippen molar-refractivity contribution in [2.75, 3.05) is 31.7 Å². The van der Waals surface area contributed by atoms with E-state index in [4.69, 9.17) is 9.47 Å². The van der Waals surface area contributed by atoms with Crippen LogP contribution in [-0.4, -0.2) is 38.6 Å². The molecule has 0 saturated carbocycles. The molecule has 138 valence electrons. The number of hydrogen-bond donors (Lipinski definition) is 1. The van der Waals surface area contributed by atoms with Crippen molar-refractivity contribution >= 4 is 17.5 Å². The van der Waals surface area contributed by atoms with Crippen LogP contribution < -0.4 is 15.0 Å². The fraction of sp³-hybridized carbons (Fsp3) is 0.300. The standard InChI is InChI=1S/C20H24N2O4/c1-16(23)22(15-20(24)21-13-8-14-25-2)18-11-6-7-12-19(18)26-17-9-4-3-5-10-17/h3-7,9-12H,8,13-15H2,1-2H3,(H,21,24). The number of benzene rings is 2. The highest BCUT2D eigenvalue weighted by Gasteiger charge is 2.19. The molecule has 6 nitrogen and oxygen atoms in total. The Kier molecular flexibility index (Phi) is 7.64. The molecule has 0 aliphatic rings. The minimum Gasteiger partial charge on any atom is -0.455 e. The average molecular weight is 356 g/mol. The number of carbonyl (C=O) groups excluding carboxylic acids is 2. The summed E-state index contributed by atoms with van der Waals surface area (Å²) in [6.45, 7) is 2.43. The zero-order valence-electron chi connectivity index (χ0n) is 15.1. The van der Waals surface area contributed by atoms with Crippen molar-refractivity contribution in [2.45, 2.75) is 13.3 Å². The Hall–Kier alpha value is -2.86. The number of hydrogen-bond acceptors (Lipinski definition) is 4. The Balaban J connectivity index is 2.12. The molecular formula is C20H24N2O4. The molecule has 2 aromatic carbocycles. The van der Waals surface area contributed by atoms with Gasteiger partial charge in [-0.2, -0.15) is 0 Å². The molecule has 0 aliphatic heterocycles. The van der Waals surface area contributed by atoms with E-state index in [1.165, 1.54) is 11.8 Å². The van der Waals surface area contributed by atoms with E-state index >= 15 is 0 Å². The number of rotatable bonds is 9. The summed E-state index contributed by atoms with van der Waals surface area (Å²) >= 11 is 0. The zero-order valence-corrected chi connectivity index (χ0v) is 15.1. The third-order valence-electron chi connectivity index (χ3n) is 3.66. The topological polar surface area (TPSA) is 67.9 Å². The van der Waals surface area contributed by atoms with Crippen molar-refractivity contribution in [1.29, 1.82) is 0 Å². The van der Waals surface area contributed by atoms with Crippen molar-refractivity contribution < 1.29 is 19.1 Å². The predicted molar refractivity (Wildman–Crippen MR) is 100 cm³/mol. The van der Waals surface area contributed by atoms with E-state index in [0.29, 0.717) is 30.3 Å². The molecule has 2 aromatic rings. The minimum absolute atomic E-state index is 0.0719. The Morgan fingerprint density at radius 3 is 2.42 bits per heavy atom. The third kappa shape index (κ3) is 5.89. The van der Waals surface area contributed by atoms with Gasteiger partial charge in [0.05, 0.1) is 5.69 Å². The van der Waals surface area contributed by atoms with Gasteiger partial charge in [0.2, 0.25) is 11.8 Å². The maximum atomic E-state index is 12.2. The number of carbonyl (C=O) groups is 2. The lowest BCUT2D eigenvalue weighted by atomic mass is 10.2. The molecule has 2 amide bonds. The molecule has 0 radical (unpaired) electrons. The molecule has 26 heavy (non-hydrogen) atoms. The van der Waals surface area contributed by atoms with E-state index in [2.05, 4.69) is 5.32 Å². The second-order valence-electron chi connectivity index (χ2n) is 5.68. The van der Waals surface area contributed by atoms with Gasteiger partial charge in [0.15, 0.2) is 5.75 Å². The first-order chi connectivity index (χ1) is 12.6. The molecule has 1 N–H and O–H groups in total. The molecule has 6 heteroatoms. The molecule has 0 bridgehead atoms. The van der Waals surface area contributed by atoms with Crippen molar-refractivity contribution in [2.24, 2.45) is 0 Å². The molecular weight excluding hydrogens is 332 g/mol. The van der Waals surface area contributed by atoms with Crippen LogP contribution in [0.25, 0.3) is 0 Å². The molecule has 0 fully saturated rings. The largest absolute Gasteiger partial charge is 0.455 e. The van der Waals surface area contributed by atoms with Crippen LogP contribution in [0.15, 0.2) is 54.6 Å². The maximum absolute atomic E-state index is 12.2. The van der Waals surface area contributed by atoms with Gasteiger partial charge in [-0.1, -0.05) is 30.3 Å². The van der Waals surface area contributed by atoms with Crippen molar-refractivity contribution in [3.63, 3.8) is 0 Å². The first kappa shape index (κ1) is 19.5. The SMILES string of the molecule is COCCCNC(=O)CN(C(C)=O)c1ccccc1Oc1ccccc1. The van der Waals surface area contributed by atoms with Crippen LogP contribution in [-0.2, 0) is 14.3 Å². The maximum Gasteiger partial charge on any atom is 0.240 e. The first-order valence-electron chi connectivity index (χ1n) is 8.47. The molecule has 0 unspecified atom stereocenters. The summed E-state index contributed by atoms with van der Waals surface area (Å²) in [5.41, 5.74) is 0.552. The molecule has 0 aliphatic carbocycles. The summed E-state index contributed by atoms with van der Waals surface area (Å²) in [4.78, 5) is 25.7. The molecule has 0 heterocycles. The van der Waals surface area contributed by atoms with Crippen LogP contribution in [0.2, 0.25) is 0 Å². The van der Waals surface area contributed by atoms with Crippen LogP contribution in [0, 0.1) is 0 Å². The van der Waals surface area contributed by atoms with Gasteiger partial charge in [0.25, 0.3) is 0 Å². The lowest BCUT2D eigenvalue weighted by molar-refractivity contribution is -0.123. The summed E-state index contributed by atoms with van der Waals surface area (Å²) in [7, 11) is 1.61. The highest BCUT2D eigenvalue weighted by Crippen LogP contribution is 2.32. The second-order valence-corrected chi connectivity index (χ2v) is 5.68. The van der Waals surface area contributed by atoms with Crippen molar-refractivity contribution in [3.05, 3.63) is 54.6 Å². The van der Waals surface area contributed by atoms with E-state index in [1.54, 1.807) is 25.3 Å². The van der Waals surface area contributed by atoms with Gasteiger partial charge in [-0.25, -0.2) is 0 Å². The molecule has 0 spiro atoms. The summed E-state index contributed by atoms with van der Waals surface area (Å²) < 4.78 is 10.8.